The van der Waals surface area contributed by atoms with Crippen LogP contribution in [-0.4, -0.2) is 20.2 Å². The van der Waals surface area contributed by atoms with Crippen LogP contribution in [0.5, 0.6) is 0 Å². The van der Waals surface area contributed by atoms with Crippen molar-refractivity contribution < 1.29 is 0 Å². The lowest BCUT2D eigenvalue weighted by Gasteiger charge is -2.12. The molecule has 3 rings (SSSR count). The number of hydrogen-bond donors (Lipinski definition) is 1. The summed E-state index contributed by atoms with van der Waals surface area (Å²) >= 11 is 0. The normalized spacial score (nSPS) is 10.6. The van der Waals surface area contributed by atoms with Crippen LogP contribution in [0.3, 0.4) is 0 Å². The quantitative estimate of drug-likeness (QED) is 0.798. The Morgan fingerprint density at radius 3 is 2.52 bits per heavy atom. The predicted molar refractivity (Wildman–Crippen MR) is 82.4 cm³/mol. The van der Waals surface area contributed by atoms with E-state index < -0.39 is 0 Å². The van der Waals surface area contributed by atoms with Gasteiger partial charge in [0.15, 0.2) is 0 Å². The van der Waals surface area contributed by atoms with Crippen molar-refractivity contribution in [3.8, 4) is 5.69 Å². The molecule has 21 heavy (non-hydrogen) atoms. The lowest BCUT2D eigenvalue weighted by molar-refractivity contribution is 0.789. The van der Waals surface area contributed by atoms with Gasteiger partial charge < -0.3 is 5.32 Å². The summed E-state index contributed by atoms with van der Waals surface area (Å²) in [5.41, 5.74) is 5.76. The topological polar surface area (TPSA) is 55.6 Å². The van der Waals surface area contributed by atoms with Crippen molar-refractivity contribution in [2.75, 3.05) is 5.32 Å². The maximum atomic E-state index is 3.95. The van der Waals surface area contributed by atoms with E-state index in [1.807, 2.05) is 24.3 Å². The third kappa shape index (κ3) is 3.08. The molecule has 1 N–H and O–H groups in total. The molecule has 0 aliphatic carbocycles. The van der Waals surface area contributed by atoms with E-state index in [9.17, 15) is 0 Å². The lowest BCUT2D eigenvalue weighted by Crippen LogP contribution is -2.05. The van der Waals surface area contributed by atoms with E-state index in [1.165, 1.54) is 16.7 Å². The Hall–Kier alpha value is -2.69. The summed E-state index contributed by atoms with van der Waals surface area (Å²) in [6.45, 7) is 5.00. The van der Waals surface area contributed by atoms with Crippen molar-refractivity contribution in [2.45, 2.75) is 20.4 Å². The second-order valence-corrected chi connectivity index (χ2v) is 5.12. The summed E-state index contributed by atoms with van der Waals surface area (Å²) in [6, 6.07) is 14.5. The number of rotatable bonds is 4. The zero-order valence-corrected chi connectivity index (χ0v) is 12.1. The first kappa shape index (κ1) is 13.3. The van der Waals surface area contributed by atoms with Crippen molar-refractivity contribution in [2.24, 2.45) is 0 Å². The standard InChI is InChI=1S/C16H17N5/c1-12-7-13(2)9-14(8-12)10-17-15-5-3-4-6-16(15)21-11-18-19-20-21/h3-9,11,17H,10H2,1-2H3. The molecule has 0 aliphatic heterocycles. The third-order valence-corrected chi connectivity index (χ3v) is 3.26. The fourth-order valence-electron chi connectivity index (χ4n) is 2.46. The molecule has 0 spiro atoms. The Morgan fingerprint density at radius 1 is 1.05 bits per heavy atom. The number of tetrazole rings is 1. The van der Waals surface area contributed by atoms with Gasteiger partial charge in [-0.3, -0.25) is 0 Å². The average molecular weight is 279 g/mol. The number of para-hydroxylation sites is 2. The minimum Gasteiger partial charge on any atom is -0.379 e. The summed E-state index contributed by atoms with van der Waals surface area (Å²) in [4.78, 5) is 0. The molecule has 1 heterocycles. The van der Waals surface area contributed by atoms with Gasteiger partial charge in [-0.05, 0) is 42.0 Å². The van der Waals surface area contributed by atoms with Gasteiger partial charge in [0.2, 0.25) is 0 Å². The van der Waals surface area contributed by atoms with Crippen LogP contribution in [-0.2, 0) is 6.54 Å². The molecule has 0 unspecified atom stereocenters. The molecule has 0 fully saturated rings. The molecule has 0 radical (unpaired) electrons. The van der Waals surface area contributed by atoms with E-state index in [4.69, 9.17) is 0 Å². The first-order valence-electron chi connectivity index (χ1n) is 6.86. The lowest BCUT2D eigenvalue weighted by atomic mass is 10.1. The Labute approximate surface area is 123 Å². The van der Waals surface area contributed by atoms with E-state index >= 15 is 0 Å². The molecule has 0 saturated heterocycles. The number of benzene rings is 2. The zero-order chi connectivity index (χ0) is 14.7. The highest BCUT2D eigenvalue weighted by molar-refractivity contribution is 5.60. The van der Waals surface area contributed by atoms with Gasteiger partial charge in [-0.15, -0.1) is 5.10 Å². The monoisotopic (exact) mass is 279 g/mol. The summed E-state index contributed by atoms with van der Waals surface area (Å²) in [5.74, 6) is 0. The highest BCUT2D eigenvalue weighted by atomic mass is 15.5. The van der Waals surface area contributed by atoms with Crippen LogP contribution >= 0.6 is 0 Å². The number of anilines is 1. The molecule has 5 heteroatoms. The molecular formula is C16H17N5. The molecular weight excluding hydrogens is 262 g/mol. The third-order valence-electron chi connectivity index (χ3n) is 3.26. The fourth-order valence-corrected chi connectivity index (χ4v) is 2.46. The Morgan fingerprint density at radius 2 is 1.81 bits per heavy atom. The number of aryl methyl sites for hydroxylation is 2. The van der Waals surface area contributed by atoms with Crippen LogP contribution in [0.4, 0.5) is 5.69 Å². The van der Waals surface area contributed by atoms with Crippen molar-refractivity contribution in [3.63, 3.8) is 0 Å². The highest BCUT2D eigenvalue weighted by Crippen LogP contribution is 2.19. The first-order valence-corrected chi connectivity index (χ1v) is 6.86. The first-order chi connectivity index (χ1) is 10.2. The SMILES string of the molecule is Cc1cc(C)cc(CNc2ccccc2-n2cnnn2)c1. The fraction of sp³-hybridized carbons (Fsp3) is 0.188. The van der Waals surface area contributed by atoms with Gasteiger partial charge in [0.05, 0.1) is 11.4 Å². The summed E-state index contributed by atoms with van der Waals surface area (Å²) in [6.07, 6.45) is 1.59. The van der Waals surface area contributed by atoms with Crippen LogP contribution in [0, 0.1) is 13.8 Å². The molecule has 2 aromatic carbocycles. The number of hydrogen-bond acceptors (Lipinski definition) is 4. The average Bonchev–Trinajstić information content (AvgIpc) is 2.98. The summed E-state index contributed by atoms with van der Waals surface area (Å²) in [7, 11) is 0. The van der Waals surface area contributed by atoms with Crippen molar-refractivity contribution in [3.05, 3.63) is 65.5 Å². The highest BCUT2D eigenvalue weighted by Gasteiger charge is 2.05. The van der Waals surface area contributed by atoms with Gasteiger partial charge in [-0.2, -0.15) is 4.68 Å². The van der Waals surface area contributed by atoms with Crippen LogP contribution in [0.2, 0.25) is 0 Å². The second-order valence-electron chi connectivity index (χ2n) is 5.12. The van der Waals surface area contributed by atoms with Gasteiger partial charge >= 0.3 is 0 Å². The van der Waals surface area contributed by atoms with E-state index in [0.717, 1.165) is 17.9 Å². The molecule has 0 saturated carbocycles. The molecule has 0 aliphatic rings. The maximum absolute atomic E-state index is 3.95. The minimum atomic E-state index is 0.766. The molecule has 0 atom stereocenters. The summed E-state index contributed by atoms with van der Waals surface area (Å²) < 4.78 is 1.66. The Balaban J connectivity index is 1.82. The number of nitrogens with zero attached hydrogens (tertiary/aromatic N) is 4. The largest absolute Gasteiger partial charge is 0.379 e. The van der Waals surface area contributed by atoms with E-state index in [1.54, 1.807) is 11.0 Å². The number of nitrogens with one attached hydrogen (secondary N) is 1. The molecule has 0 amide bonds. The van der Waals surface area contributed by atoms with Crippen LogP contribution < -0.4 is 5.32 Å². The Bertz CT molecular complexity index is 714. The van der Waals surface area contributed by atoms with Gasteiger partial charge in [0, 0.05) is 6.54 Å². The van der Waals surface area contributed by atoms with Crippen molar-refractivity contribution in [1.82, 2.24) is 20.2 Å². The van der Waals surface area contributed by atoms with E-state index in [0.29, 0.717) is 0 Å². The number of aromatic nitrogens is 4. The van der Waals surface area contributed by atoms with Gasteiger partial charge in [-0.1, -0.05) is 41.5 Å². The Kier molecular flexibility index (Phi) is 3.64. The molecule has 0 bridgehead atoms. The second kappa shape index (κ2) is 5.75. The zero-order valence-electron chi connectivity index (χ0n) is 12.1. The molecule has 1 aromatic heterocycles. The van der Waals surface area contributed by atoms with Gasteiger partial charge in [0.1, 0.15) is 6.33 Å². The van der Waals surface area contributed by atoms with Crippen LogP contribution in [0.15, 0.2) is 48.8 Å². The van der Waals surface area contributed by atoms with Crippen LogP contribution in [0.1, 0.15) is 16.7 Å². The van der Waals surface area contributed by atoms with Crippen molar-refractivity contribution >= 4 is 5.69 Å². The van der Waals surface area contributed by atoms with E-state index in [-0.39, 0.29) is 0 Å². The van der Waals surface area contributed by atoms with Gasteiger partial charge in [-0.25, -0.2) is 0 Å². The van der Waals surface area contributed by atoms with Gasteiger partial charge in [0.25, 0.3) is 0 Å². The van der Waals surface area contributed by atoms with E-state index in [2.05, 4.69) is 52.9 Å². The van der Waals surface area contributed by atoms with Crippen LogP contribution in [0.25, 0.3) is 5.69 Å². The predicted octanol–water partition coefficient (Wildman–Crippen LogP) is 2.89. The summed E-state index contributed by atoms with van der Waals surface area (Å²) in [5, 5.41) is 14.8. The smallest absolute Gasteiger partial charge is 0.143 e. The minimum absolute atomic E-state index is 0.766. The molecule has 5 nitrogen and oxygen atoms in total. The molecule has 106 valence electrons. The van der Waals surface area contributed by atoms with Crippen molar-refractivity contribution in [1.29, 1.82) is 0 Å². The molecule has 3 aromatic rings. The maximum Gasteiger partial charge on any atom is 0.143 e.